The molecule has 4 rings (SSSR count). The summed E-state index contributed by atoms with van der Waals surface area (Å²) in [5.74, 6) is -1.75. The largest absolute Gasteiger partial charge is 0.493 e. The van der Waals surface area contributed by atoms with Gasteiger partial charge in [-0.3, -0.25) is 19.5 Å². The minimum absolute atomic E-state index is 0.0910. The van der Waals surface area contributed by atoms with Crippen molar-refractivity contribution in [1.82, 2.24) is 13.6 Å². The molecule has 0 bridgehead atoms. The monoisotopic (exact) mass is 545 g/mol. The van der Waals surface area contributed by atoms with Crippen LogP contribution in [0, 0.1) is 0 Å². The Morgan fingerprint density at radius 2 is 1.51 bits per heavy atom. The first-order chi connectivity index (χ1) is 17.6. The number of ether oxygens (including phenoxy) is 2. The summed E-state index contributed by atoms with van der Waals surface area (Å²) in [6.07, 6.45) is 2.81. The van der Waals surface area contributed by atoms with Crippen molar-refractivity contribution < 1.29 is 35.9 Å². The lowest BCUT2D eigenvalue weighted by Gasteiger charge is -2.23. The van der Waals surface area contributed by atoms with Gasteiger partial charge in [-0.15, -0.1) is 0 Å². The fourth-order valence-electron chi connectivity index (χ4n) is 3.82. The van der Waals surface area contributed by atoms with Gasteiger partial charge in [0.05, 0.1) is 42.5 Å². The van der Waals surface area contributed by atoms with Gasteiger partial charge in [0, 0.05) is 25.0 Å². The number of pyridine rings is 1. The number of benzene rings is 2. The minimum Gasteiger partial charge on any atom is -0.493 e. The fourth-order valence-corrected chi connectivity index (χ4v) is 7.51. The first-order valence-electron chi connectivity index (χ1n) is 10.9. The maximum Gasteiger partial charge on any atom is 0.261 e. The maximum atomic E-state index is 13.6. The Morgan fingerprint density at radius 1 is 0.865 bits per heavy atom. The first kappa shape index (κ1) is 26.3. The van der Waals surface area contributed by atoms with Crippen molar-refractivity contribution in [3.63, 3.8) is 0 Å². The van der Waals surface area contributed by atoms with Gasteiger partial charge in [-0.2, -0.15) is 0 Å². The van der Waals surface area contributed by atoms with Crippen LogP contribution in [0.15, 0.2) is 71.9 Å². The molecule has 11 nitrogen and oxygen atoms in total. The predicted molar refractivity (Wildman–Crippen MR) is 132 cm³/mol. The van der Waals surface area contributed by atoms with Crippen LogP contribution in [0.2, 0.25) is 0 Å². The van der Waals surface area contributed by atoms with Crippen molar-refractivity contribution in [2.75, 3.05) is 26.5 Å². The van der Waals surface area contributed by atoms with E-state index < -0.39 is 50.7 Å². The molecular weight excluding hydrogens is 522 g/mol. The van der Waals surface area contributed by atoms with Crippen molar-refractivity contribution >= 4 is 31.9 Å². The molecule has 1 aliphatic rings. The maximum absolute atomic E-state index is 13.6. The fraction of sp³-hybridized carbons (Fsp3) is 0.208. The highest BCUT2D eigenvalue weighted by molar-refractivity contribution is 8.04. The quantitative estimate of drug-likeness (QED) is 0.349. The molecule has 0 unspecified atom stereocenters. The van der Waals surface area contributed by atoms with Crippen molar-refractivity contribution in [3.05, 3.63) is 83.7 Å². The average molecular weight is 546 g/mol. The summed E-state index contributed by atoms with van der Waals surface area (Å²) in [6.45, 7) is -1.07. The number of aromatic nitrogens is 1. The Hall–Kier alpha value is -3.81. The van der Waals surface area contributed by atoms with Gasteiger partial charge in [-0.25, -0.2) is 16.8 Å². The van der Waals surface area contributed by atoms with Crippen molar-refractivity contribution in [1.29, 1.82) is 0 Å². The second-order valence-corrected chi connectivity index (χ2v) is 12.0. The molecule has 0 N–H and O–H groups in total. The third kappa shape index (κ3) is 5.05. The number of hydrogen-bond acceptors (Lipinski definition) is 9. The number of nitrogens with zero attached hydrogens (tertiary/aromatic N) is 3. The molecule has 0 fully saturated rings. The third-order valence-electron chi connectivity index (χ3n) is 5.72. The molecule has 0 spiro atoms. The van der Waals surface area contributed by atoms with Gasteiger partial charge in [0.1, 0.15) is 0 Å². The molecule has 0 radical (unpaired) electrons. The molecule has 2 amide bonds. The molecule has 2 aromatic carbocycles. The molecule has 0 saturated carbocycles. The van der Waals surface area contributed by atoms with Gasteiger partial charge < -0.3 is 9.47 Å². The Kier molecular flexibility index (Phi) is 7.30. The number of imide groups is 1. The van der Waals surface area contributed by atoms with Gasteiger partial charge in [0.15, 0.2) is 11.5 Å². The molecule has 0 saturated heterocycles. The van der Waals surface area contributed by atoms with Crippen LogP contribution < -0.4 is 9.47 Å². The van der Waals surface area contributed by atoms with Crippen molar-refractivity contribution in [2.45, 2.75) is 11.4 Å². The van der Waals surface area contributed by atoms with Crippen LogP contribution >= 0.6 is 0 Å². The van der Waals surface area contributed by atoms with E-state index in [4.69, 9.17) is 9.47 Å². The second kappa shape index (κ2) is 10.3. The number of hydrogen-bond donors (Lipinski definition) is 0. The van der Waals surface area contributed by atoms with Crippen molar-refractivity contribution in [3.8, 4) is 11.5 Å². The smallest absolute Gasteiger partial charge is 0.261 e. The summed E-state index contributed by atoms with van der Waals surface area (Å²) in [5.41, 5.74) is 0.640. The molecule has 1 aromatic heterocycles. The van der Waals surface area contributed by atoms with Gasteiger partial charge in [-0.1, -0.05) is 21.9 Å². The zero-order valence-corrected chi connectivity index (χ0v) is 21.5. The number of amides is 2. The number of carbonyl (C=O) groups excluding carboxylic acids is 2. The van der Waals surface area contributed by atoms with Crippen LogP contribution in [0.5, 0.6) is 11.5 Å². The lowest BCUT2D eigenvalue weighted by atomic mass is 10.1. The van der Waals surface area contributed by atoms with Crippen molar-refractivity contribution in [2.24, 2.45) is 0 Å². The normalized spacial score (nSPS) is 13.6. The van der Waals surface area contributed by atoms with Gasteiger partial charge >= 0.3 is 0 Å². The van der Waals surface area contributed by atoms with E-state index in [1.54, 1.807) is 18.2 Å². The van der Waals surface area contributed by atoms with Crippen LogP contribution in [0.4, 0.5) is 0 Å². The molecule has 0 atom stereocenters. The van der Waals surface area contributed by atoms with E-state index in [0.29, 0.717) is 9.27 Å². The highest BCUT2D eigenvalue weighted by Gasteiger charge is 2.39. The highest BCUT2D eigenvalue weighted by atomic mass is 32.3. The minimum atomic E-state index is -4.65. The molecule has 2 heterocycles. The van der Waals surface area contributed by atoms with Gasteiger partial charge in [-0.05, 0) is 35.9 Å². The first-order valence-corrected chi connectivity index (χ1v) is 14.0. The van der Waals surface area contributed by atoms with Gasteiger partial charge in [0.2, 0.25) is 10.0 Å². The SMILES string of the molecule is COc1ccc(S(=O)(=O)N(Cc2cccnc2)S(=O)(=O)CCN2C(=O)c3ccccc3C2=O)cc1OC. The Bertz CT molecular complexity index is 1520. The number of fused-ring (bicyclic) bond motifs is 1. The summed E-state index contributed by atoms with van der Waals surface area (Å²) >= 11 is 0. The van der Waals surface area contributed by atoms with E-state index in [9.17, 15) is 26.4 Å². The summed E-state index contributed by atoms with van der Waals surface area (Å²) in [4.78, 5) is 29.7. The summed E-state index contributed by atoms with van der Waals surface area (Å²) in [7, 11) is -6.53. The number of rotatable bonds is 10. The number of sulfonamides is 2. The lowest BCUT2D eigenvalue weighted by Crippen LogP contribution is -2.42. The van der Waals surface area contributed by atoms with Crippen LogP contribution in [0.3, 0.4) is 0 Å². The van der Waals surface area contributed by atoms with Crippen LogP contribution in [0.1, 0.15) is 26.3 Å². The molecular formula is C24H23N3O8S2. The van der Waals surface area contributed by atoms with E-state index in [1.165, 1.54) is 56.9 Å². The highest BCUT2D eigenvalue weighted by Crippen LogP contribution is 2.32. The van der Waals surface area contributed by atoms with E-state index in [2.05, 4.69) is 4.98 Å². The number of methoxy groups -OCH3 is 2. The molecule has 194 valence electrons. The lowest BCUT2D eigenvalue weighted by molar-refractivity contribution is 0.0664. The zero-order valence-electron chi connectivity index (χ0n) is 19.9. The predicted octanol–water partition coefficient (Wildman–Crippen LogP) is 1.92. The summed E-state index contributed by atoms with van der Waals surface area (Å²) < 4.78 is 64.9. The van der Waals surface area contributed by atoms with Crippen LogP contribution in [-0.4, -0.2) is 68.8 Å². The van der Waals surface area contributed by atoms with Crippen LogP contribution in [0.25, 0.3) is 0 Å². The molecule has 1 aliphatic heterocycles. The zero-order chi connectivity index (χ0) is 26.8. The number of carbonyl (C=O) groups is 2. The van der Waals surface area contributed by atoms with E-state index in [0.717, 1.165) is 11.0 Å². The Morgan fingerprint density at radius 3 is 2.08 bits per heavy atom. The Balaban J connectivity index is 1.68. The third-order valence-corrected chi connectivity index (χ3v) is 9.95. The Labute approximate surface area is 214 Å². The summed E-state index contributed by atoms with van der Waals surface area (Å²) in [5, 5.41) is 0. The standard InChI is InChI=1S/C24H23N3O8S2/c1-34-21-10-9-18(14-22(21)35-2)37(32,33)27(16-17-6-5-11-25-15-17)36(30,31)13-12-26-23(28)19-7-3-4-8-20(19)24(26)29/h3-11,14-15H,12-13,16H2,1-2H3. The molecule has 3 aromatic rings. The summed E-state index contributed by atoms with van der Waals surface area (Å²) in [6, 6.07) is 12.9. The average Bonchev–Trinajstić information content (AvgIpc) is 3.15. The van der Waals surface area contributed by atoms with E-state index >= 15 is 0 Å². The molecule has 37 heavy (non-hydrogen) atoms. The molecule has 13 heteroatoms. The van der Waals surface area contributed by atoms with Crippen LogP contribution in [-0.2, 0) is 26.6 Å². The second-order valence-electron chi connectivity index (χ2n) is 7.94. The van der Waals surface area contributed by atoms with E-state index in [-0.39, 0.29) is 27.5 Å². The topological polar surface area (TPSA) is 140 Å². The van der Waals surface area contributed by atoms with E-state index in [1.807, 2.05) is 0 Å². The molecule has 0 aliphatic carbocycles. The van der Waals surface area contributed by atoms with Gasteiger partial charge in [0.25, 0.3) is 21.8 Å².